The molecule has 0 bridgehead atoms. The minimum absolute atomic E-state index is 0.130. The first-order valence-corrected chi connectivity index (χ1v) is 14.6. The second-order valence-corrected chi connectivity index (χ2v) is 11.7. The van der Waals surface area contributed by atoms with Crippen LogP contribution in [0.15, 0.2) is 47.5 Å². The van der Waals surface area contributed by atoms with E-state index in [1.807, 2.05) is 0 Å². The van der Waals surface area contributed by atoms with Crippen LogP contribution in [0.5, 0.6) is 0 Å². The average Bonchev–Trinajstić information content (AvgIpc) is 3.41. The topological polar surface area (TPSA) is 0 Å². The second-order valence-electron chi connectivity index (χ2n) is 11.7. The van der Waals surface area contributed by atoms with E-state index in [1.165, 1.54) is 64.2 Å². The Labute approximate surface area is 215 Å². The smallest absolute Gasteiger partial charge is 0.0118 e. The van der Waals surface area contributed by atoms with Crippen LogP contribution in [-0.4, -0.2) is 0 Å². The molecule has 2 aromatic rings. The van der Waals surface area contributed by atoms with Gasteiger partial charge in [0.25, 0.3) is 0 Å². The van der Waals surface area contributed by atoms with Crippen molar-refractivity contribution < 1.29 is 0 Å². The Hall–Kier alpha value is -2.08. The molecule has 2 unspecified atom stereocenters. The lowest BCUT2D eigenvalue weighted by Gasteiger charge is -2.42. The van der Waals surface area contributed by atoms with Crippen LogP contribution in [0.4, 0.5) is 0 Å². The maximum absolute atomic E-state index is 2.60. The molecule has 188 valence electrons. The Balaban J connectivity index is 1.81. The van der Waals surface area contributed by atoms with Crippen LogP contribution in [0.25, 0.3) is 12.2 Å². The Kier molecular flexibility index (Phi) is 8.41. The number of allylic oxidation sites excluding steroid dienone is 2. The van der Waals surface area contributed by atoms with Gasteiger partial charge in [-0.1, -0.05) is 127 Å². The zero-order valence-electron chi connectivity index (χ0n) is 23.3. The van der Waals surface area contributed by atoms with E-state index in [-0.39, 0.29) is 5.41 Å². The number of hydrogen-bond donors (Lipinski definition) is 0. The third kappa shape index (κ3) is 4.96. The average molecular weight is 469 g/mol. The monoisotopic (exact) mass is 468 g/mol. The van der Waals surface area contributed by atoms with Crippen molar-refractivity contribution in [3.8, 4) is 0 Å². The lowest BCUT2D eigenvalue weighted by molar-refractivity contribution is 0.268. The second kappa shape index (κ2) is 11.3. The van der Waals surface area contributed by atoms with Crippen LogP contribution >= 0.6 is 0 Å². The third-order valence-corrected chi connectivity index (χ3v) is 8.65. The van der Waals surface area contributed by atoms with Gasteiger partial charge in [0.05, 0.1) is 0 Å². The summed E-state index contributed by atoms with van der Waals surface area (Å²) in [5.74, 6) is 0.990. The molecule has 0 saturated heterocycles. The molecule has 0 heterocycles. The summed E-state index contributed by atoms with van der Waals surface area (Å²) in [6.07, 6.45) is 17.5. The lowest BCUT2D eigenvalue weighted by Crippen LogP contribution is -2.30. The van der Waals surface area contributed by atoms with Crippen LogP contribution in [0, 0.1) is 5.41 Å². The molecule has 4 rings (SSSR count). The molecule has 0 fully saturated rings. The third-order valence-electron chi connectivity index (χ3n) is 8.65. The highest BCUT2D eigenvalue weighted by Crippen LogP contribution is 2.60. The van der Waals surface area contributed by atoms with E-state index in [2.05, 4.69) is 90.1 Å². The number of aryl methyl sites for hydroxylation is 2. The molecular weight excluding hydrogens is 420 g/mol. The fourth-order valence-corrected chi connectivity index (χ4v) is 7.16. The van der Waals surface area contributed by atoms with Crippen molar-refractivity contribution in [3.05, 3.63) is 80.9 Å². The molecule has 0 amide bonds. The predicted molar refractivity (Wildman–Crippen MR) is 155 cm³/mol. The Morgan fingerprint density at radius 2 is 1.00 bits per heavy atom. The van der Waals surface area contributed by atoms with Crippen LogP contribution in [0.1, 0.15) is 138 Å². The molecule has 0 aromatic heterocycles. The van der Waals surface area contributed by atoms with E-state index in [4.69, 9.17) is 0 Å². The Morgan fingerprint density at radius 1 is 0.571 bits per heavy atom. The molecule has 0 heteroatoms. The number of unbranched alkanes of at least 4 members (excludes halogenated alkanes) is 2. The highest BCUT2D eigenvalue weighted by molar-refractivity contribution is 5.73. The van der Waals surface area contributed by atoms with Crippen molar-refractivity contribution in [2.24, 2.45) is 5.41 Å². The van der Waals surface area contributed by atoms with Crippen molar-refractivity contribution in [1.82, 2.24) is 0 Å². The summed E-state index contributed by atoms with van der Waals surface area (Å²) in [4.78, 5) is 0. The van der Waals surface area contributed by atoms with Crippen molar-refractivity contribution in [3.63, 3.8) is 0 Å². The highest BCUT2D eigenvalue weighted by atomic mass is 14.5. The summed E-state index contributed by atoms with van der Waals surface area (Å²) < 4.78 is 0. The van der Waals surface area contributed by atoms with E-state index >= 15 is 0 Å². The molecule has 2 aromatic carbocycles. The maximum Gasteiger partial charge on any atom is 0.0118 e. The van der Waals surface area contributed by atoms with Gasteiger partial charge in [-0.3, -0.25) is 0 Å². The first-order valence-electron chi connectivity index (χ1n) is 14.6. The van der Waals surface area contributed by atoms with Gasteiger partial charge in [0, 0.05) is 11.8 Å². The summed E-state index contributed by atoms with van der Waals surface area (Å²) in [6.45, 7) is 14.5. The van der Waals surface area contributed by atoms with E-state index in [1.54, 1.807) is 44.5 Å². The van der Waals surface area contributed by atoms with Crippen molar-refractivity contribution in [2.75, 3.05) is 0 Å². The summed E-state index contributed by atoms with van der Waals surface area (Å²) >= 11 is 0. The van der Waals surface area contributed by atoms with Crippen molar-refractivity contribution in [2.45, 2.75) is 118 Å². The van der Waals surface area contributed by atoms with Crippen LogP contribution in [0.2, 0.25) is 0 Å². The molecule has 0 nitrogen and oxygen atoms in total. The molecule has 0 radical (unpaired) electrons. The zero-order valence-corrected chi connectivity index (χ0v) is 23.3. The van der Waals surface area contributed by atoms with Gasteiger partial charge in [0.2, 0.25) is 0 Å². The molecule has 0 N–H and O–H groups in total. The zero-order chi connectivity index (χ0) is 25.0. The van der Waals surface area contributed by atoms with Crippen molar-refractivity contribution in [1.29, 1.82) is 0 Å². The standard InChI is InChI=1S/C35H48/c1-7-11-17-25-19-13-21-29-31(25)23-27(15-9-3)33(29)35(5,6)34-28(16-10-4)24-32-26(18-12-8-2)20-14-22-30(32)34/h13-14,19-24,33-34H,7-12,15-18H2,1-6H3. The van der Waals surface area contributed by atoms with E-state index in [9.17, 15) is 0 Å². The number of hydrogen-bond acceptors (Lipinski definition) is 0. The number of benzene rings is 2. The van der Waals surface area contributed by atoms with Gasteiger partial charge in [0.1, 0.15) is 0 Å². The molecule has 35 heavy (non-hydrogen) atoms. The number of rotatable bonds is 12. The van der Waals surface area contributed by atoms with Crippen LogP contribution < -0.4 is 0 Å². The Morgan fingerprint density at radius 3 is 1.37 bits per heavy atom. The van der Waals surface area contributed by atoms with Crippen molar-refractivity contribution >= 4 is 12.2 Å². The molecule has 2 aliphatic carbocycles. The van der Waals surface area contributed by atoms with Gasteiger partial charge >= 0.3 is 0 Å². The minimum Gasteiger partial charge on any atom is -0.0654 e. The molecule has 2 aliphatic rings. The van der Waals surface area contributed by atoms with Gasteiger partial charge in [-0.15, -0.1) is 0 Å². The van der Waals surface area contributed by atoms with Gasteiger partial charge in [-0.2, -0.15) is 0 Å². The fraction of sp³-hybridized carbons (Fsp3) is 0.543. The molecular formula is C35H48. The quantitative estimate of drug-likeness (QED) is 0.290. The summed E-state index contributed by atoms with van der Waals surface area (Å²) in [5, 5.41) is 0. The summed E-state index contributed by atoms with van der Waals surface area (Å²) in [6, 6.07) is 14.3. The molecule has 0 saturated carbocycles. The van der Waals surface area contributed by atoms with Gasteiger partial charge in [0.15, 0.2) is 0 Å². The highest BCUT2D eigenvalue weighted by Gasteiger charge is 2.46. The predicted octanol–water partition coefficient (Wildman–Crippen LogP) is 10.7. The van der Waals surface area contributed by atoms with Gasteiger partial charge in [-0.25, -0.2) is 0 Å². The number of fused-ring (bicyclic) bond motifs is 2. The maximum atomic E-state index is 2.60. The van der Waals surface area contributed by atoms with Crippen LogP contribution in [0.3, 0.4) is 0 Å². The summed E-state index contributed by atoms with van der Waals surface area (Å²) in [5.41, 5.74) is 12.9. The van der Waals surface area contributed by atoms with Gasteiger partial charge < -0.3 is 0 Å². The minimum atomic E-state index is 0.130. The lowest BCUT2D eigenvalue weighted by atomic mass is 9.61. The molecule has 0 spiro atoms. The normalized spacial score (nSPS) is 18.9. The first kappa shape index (κ1) is 26.0. The Bertz CT molecular complexity index is 992. The van der Waals surface area contributed by atoms with E-state index in [0.29, 0.717) is 11.8 Å². The summed E-state index contributed by atoms with van der Waals surface area (Å²) in [7, 11) is 0. The SMILES string of the molecule is CCCCc1cccc2c1C=C(CCC)C2C(C)(C)C1C(CCC)=Cc2c(CCCC)cccc21. The van der Waals surface area contributed by atoms with E-state index in [0.717, 1.165) is 0 Å². The molecule has 0 aliphatic heterocycles. The largest absolute Gasteiger partial charge is 0.0654 e. The fourth-order valence-electron chi connectivity index (χ4n) is 7.16. The molecule has 2 atom stereocenters. The van der Waals surface area contributed by atoms with Gasteiger partial charge in [-0.05, 0) is 77.3 Å². The first-order chi connectivity index (χ1) is 17.0. The van der Waals surface area contributed by atoms with E-state index < -0.39 is 0 Å². The van der Waals surface area contributed by atoms with Crippen LogP contribution in [-0.2, 0) is 12.8 Å².